The third-order valence-corrected chi connectivity index (χ3v) is 5.78. The van der Waals surface area contributed by atoms with Gasteiger partial charge in [-0.2, -0.15) is 26.3 Å². The van der Waals surface area contributed by atoms with Crippen molar-refractivity contribution in [2.24, 2.45) is 0 Å². The predicted octanol–water partition coefficient (Wildman–Crippen LogP) is 5.52. The summed E-state index contributed by atoms with van der Waals surface area (Å²) in [5, 5.41) is 1.33. The van der Waals surface area contributed by atoms with Gasteiger partial charge in [-0.05, 0) is 29.8 Å². The van der Waals surface area contributed by atoms with E-state index in [2.05, 4.69) is 4.98 Å². The van der Waals surface area contributed by atoms with Crippen LogP contribution in [0.15, 0.2) is 42.6 Å². The van der Waals surface area contributed by atoms with Gasteiger partial charge in [0.15, 0.2) is 23.3 Å². The van der Waals surface area contributed by atoms with Crippen molar-refractivity contribution in [1.29, 1.82) is 0 Å². The normalized spacial score (nSPS) is 14.4. The second-order valence-corrected chi connectivity index (χ2v) is 8.29. The van der Waals surface area contributed by atoms with E-state index in [1.165, 1.54) is 29.6 Å². The Morgan fingerprint density at radius 1 is 0.825 bits per heavy atom. The highest BCUT2D eigenvalue weighted by Crippen LogP contribution is 2.39. The largest absolute Gasteiger partial charge is 0.433 e. The van der Waals surface area contributed by atoms with Crippen molar-refractivity contribution in [3.05, 3.63) is 93.8 Å². The maximum Gasteiger partial charge on any atom is 0.433 e. The lowest BCUT2D eigenvalue weighted by Crippen LogP contribution is -2.48. The smallest absolute Gasteiger partial charge is 0.319 e. The maximum absolute atomic E-state index is 14.4. The van der Waals surface area contributed by atoms with E-state index in [9.17, 15) is 58.3 Å². The van der Waals surface area contributed by atoms with Crippen molar-refractivity contribution in [1.82, 2.24) is 9.88 Å². The number of aromatic nitrogens is 1. The molecule has 0 bridgehead atoms. The molecule has 16 heteroatoms. The van der Waals surface area contributed by atoms with Gasteiger partial charge in [-0.25, -0.2) is 17.6 Å². The molecule has 1 aromatic heterocycles. The summed E-state index contributed by atoms with van der Waals surface area (Å²) in [4.78, 5) is 42.4. The monoisotopic (exact) mass is 579 g/mol. The van der Waals surface area contributed by atoms with Crippen LogP contribution in [0.4, 0.5) is 49.6 Å². The number of carbonyl (C=O) groups excluding carboxylic acids is 3. The van der Waals surface area contributed by atoms with Gasteiger partial charge in [0.2, 0.25) is 5.91 Å². The molecule has 2 heterocycles. The highest BCUT2D eigenvalue weighted by atomic mass is 19.4. The molecule has 1 atom stereocenters. The fourth-order valence-corrected chi connectivity index (χ4v) is 3.97. The first-order chi connectivity index (χ1) is 18.5. The quantitative estimate of drug-likeness (QED) is 0.245. The fraction of sp³-hybridized carbons (Fsp3) is 0.167. The summed E-state index contributed by atoms with van der Waals surface area (Å²) in [6.45, 7) is 0. The van der Waals surface area contributed by atoms with Crippen LogP contribution < -0.4 is 5.32 Å². The molecule has 0 saturated heterocycles. The number of hydrogen-bond donors (Lipinski definition) is 1. The first-order valence-corrected chi connectivity index (χ1v) is 10.8. The summed E-state index contributed by atoms with van der Waals surface area (Å²) in [6.07, 6.45) is -11.1. The Labute approximate surface area is 216 Å². The van der Waals surface area contributed by atoms with E-state index in [1.54, 1.807) is 0 Å². The van der Waals surface area contributed by atoms with Gasteiger partial charge in [-0.3, -0.25) is 24.3 Å². The van der Waals surface area contributed by atoms with E-state index in [1.807, 2.05) is 0 Å². The highest BCUT2D eigenvalue weighted by Gasteiger charge is 2.45. The van der Waals surface area contributed by atoms with Gasteiger partial charge < -0.3 is 5.32 Å². The van der Waals surface area contributed by atoms with E-state index in [-0.39, 0.29) is 21.6 Å². The number of fused-ring (bicyclic) bond motifs is 1. The van der Waals surface area contributed by atoms with E-state index in [0.717, 1.165) is 6.07 Å². The zero-order chi connectivity index (χ0) is 29.7. The predicted molar refractivity (Wildman–Crippen MR) is 114 cm³/mol. The van der Waals surface area contributed by atoms with Crippen molar-refractivity contribution >= 4 is 23.4 Å². The SMILES string of the molecule is O=C(Nc1c(F)c(F)c(C(F)(F)F)c(F)c1F)[C@H](Cc1ccnc(C(F)(F)F)c1)N1C(=O)c2ccccc2C1=O. The molecule has 4 rings (SSSR count). The molecule has 1 N–H and O–H groups in total. The van der Waals surface area contributed by atoms with Crippen LogP contribution in [0.25, 0.3) is 0 Å². The van der Waals surface area contributed by atoms with Crippen LogP contribution in [-0.4, -0.2) is 33.6 Å². The molecule has 210 valence electrons. The second-order valence-electron chi connectivity index (χ2n) is 8.29. The number of nitrogens with zero attached hydrogens (tertiary/aromatic N) is 2. The zero-order valence-electron chi connectivity index (χ0n) is 19.2. The zero-order valence-corrected chi connectivity index (χ0v) is 19.2. The summed E-state index contributed by atoms with van der Waals surface area (Å²) in [6, 6.07) is 4.18. The number of carbonyl (C=O) groups is 3. The average molecular weight is 579 g/mol. The summed E-state index contributed by atoms with van der Waals surface area (Å²) in [5.74, 6) is -15.2. The number of pyridine rings is 1. The topological polar surface area (TPSA) is 79.4 Å². The number of alkyl halides is 6. The van der Waals surface area contributed by atoms with Gasteiger partial charge in [0.25, 0.3) is 11.8 Å². The molecule has 6 nitrogen and oxygen atoms in total. The van der Waals surface area contributed by atoms with E-state index < -0.39 is 82.8 Å². The number of imide groups is 1. The number of benzene rings is 2. The minimum atomic E-state index is -5.88. The van der Waals surface area contributed by atoms with Crippen molar-refractivity contribution in [2.45, 2.75) is 24.8 Å². The van der Waals surface area contributed by atoms with Gasteiger partial charge in [0, 0.05) is 12.6 Å². The minimum absolute atomic E-state index is 0.236. The van der Waals surface area contributed by atoms with Crippen molar-refractivity contribution in [3.8, 4) is 0 Å². The van der Waals surface area contributed by atoms with Crippen LogP contribution in [0.3, 0.4) is 0 Å². The van der Waals surface area contributed by atoms with Crippen molar-refractivity contribution < 1.29 is 58.3 Å². The number of anilines is 1. The first kappa shape index (κ1) is 28.5. The standard InChI is InChI=1S/C24H11F10N3O3/c25-15-14(24(32,33)34)16(26)18(28)19(17(15)27)36-20(38)12(7-9-5-6-35-13(8-9)23(29,30)31)37-21(39)10-3-1-2-4-11(10)22(37)40/h1-6,8,12H,7H2,(H,36,38)/t12-/m0/s1. The van der Waals surface area contributed by atoms with Crippen LogP contribution in [-0.2, 0) is 23.6 Å². The third kappa shape index (κ3) is 4.96. The maximum atomic E-state index is 14.4. The molecule has 0 radical (unpaired) electrons. The van der Waals surface area contributed by atoms with E-state index in [0.29, 0.717) is 12.3 Å². The van der Waals surface area contributed by atoms with E-state index in [4.69, 9.17) is 0 Å². The lowest BCUT2D eigenvalue weighted by atomic mass is 10.0. The molecule has 0 fully saturated rings. The number of nitrogens with one attached hydrogen (secondary N) is 1. The molecule has 3 amide bonds. The van der Waals surface area contributed by atoms with Crippen LogP contribution >= 0.6 is 0 Å². The van der Waals surface area contributed by atoms with Crippen LogP contribution in [0, 0.1) is 23.3 Å². The Morgan fingerprint density at radius 3 is 1.82 bits per heavy atom. The van der Waals surface area contributed by atoms with Gasteiger partial charge in [0.05, 0.1) is 11.1 Å². The second kappa shape index (κ2) is 9.91. The summed E-state index contributed by atoms with van der Waals surface area (Å²) < 4.78 is 135. The molecule has 0 aliphatic carbocycles. The number of hydrogen-bond acceptors (Lipinski definition) is 4. The van der Waals surface area contributed by atoms with Gasteiger partial charge >= 0.3 is 12.4 Å². The Hall–Kier alpha value is -4.50. The molecular weight excluding hydrogens is 568 g/mol. The van der Waals surface area contributed by atoms with Crippen LogP contribution in [0.5, 0.6) is 0 Å². The molecular formula is C24H11F10N3O3. The molecule has 0 saturated carbocycles. The first-order valence-electron chi connectivity index (χ1n) is 10.8. The number of amides is 3. The molecule has 0 unspecified atom stereocenters. The summed E-state index contributed by atoms with van der Waals surface area (Å²) in [7, 11) is 0. The summed E-state index contributed by atoms with van der Waals surface area (Å²) >= 11 is 0. The molecule has 1 aliphatic rings. The lowest BCUT2D eigenvalue weighted by Gasteiger charge is -2.26. The molecule has 0 spiro atoms. The Morgan fingerprint density at radius 2 is 1.35 bits per heavy atom. The Kier molecular flexibility index (Phi) is 7.06. The van der Waals surface area contributed by atoms with Gasteiger partial charge in [-0.1, -0.05) is 12.1 Å². The number of halogens is 10. The van der Waals surface area contributed by atoms with Gasteiger partial charge in [-0.15, -0.1) is 0 Å². The molecule has 2 aromatic carbocycles. The van der Waals surface area contributed by atoms with Crippen LogP contribution in [0.2, 0.25) is 0 Å². The molecule has 3 aromatic rings. The fourth-order valence-electron chi connectivity index (χ4n) is 3.97. The highest BCUT2D eigenvalue weighted by molar-refractivity contribution is 6.23. The summed E-state index contributed by atoms with van der Waals surface area (Å²) in [5.41, 5.74) is -7.27. The third-order valence-electron chi connectivity index (χ3n) is 5.78. The van der Waals surface area contributed by atoms with Crippen LogP contribution in [0.1, 0.15) is 37.5 Å². The van der Waals surface area contributed by atoms with Crippen molar-refractivity contribution in [2.75, 3.05) is 5.32 Å². The van der Waals surface area contributed by atoms with E-state index >= 15 is 0 Å². The lowest BCUT2D eigenvalue weighted by molar-refractivity contribution is -0.143. The number of rotatable bonds is 5. The average Bonchev–Trinajstić information content (AvgIpc) is 3.12. The molecule has 1 aliphatic heterocycles. The Bertz CT molecular complexity index is 1490. The molecule has 40 heavy (non-hydrogen) atoms. The van der Waals surface area contributed by atoms with Gasteiger partial charge in [0.1, 0.15) is 23.0 Å². The van der Waals surface area contributed by atoms with Crippen molar-refractivity contribution in [3.63, 3.8) is 0 Å². The minimum Gasteiger partial charge on any atom is -0.319 e. The Balaban J connectivity index is 1.79.